The van der Waals surface area contributed by atoms with Crippen LogP contribution in [0.1, 0.15) is 24.1 Å². The molecule has 0 spiro atoms. The van der Waals surface area contributed by atoms with Crippen LogP contribution in [0.5, 0.6) is 11.5 Å². The third-order valence-electron chi connectivity index (χ3n) is 5.06. The lowest BCUT2D eigenvalue weighted by Gasteiger charge is -2.37. The highest BCUT2D eigenvalue weighted by molar-refractivity contribution is 7.80. The number of hydrogen-bond donors (Lipinski definition) is 1. The highest BCUT2D eigenvalue weighted by Crippen LogP contribution is 2.39. The van der Waals surface area contributed by atoms with Gasteiger partial charge in [0.1, 0.15) is 17.3 Å². The van der Waals surface area contributed by atoms with Crippen LogP contribution in [0.4, 0.5) is 10.1 Å². The van der Waals surface area contributed by atoms with Crippen molar-refractivity contribution in [3.8, 4) is 11.5 Å². The zero-order chi connectivity index (χ0) is 22.0. The number of hydrogen-bond acceptors (Lipinski definition) is 5. The zero-order valence-corrected chi connectivity index (χ0v) is 18.2. The van der Waals surface area contributed by atoms with Crippen molar-refractivity contribution in [2.24, 2.45) is 0 Å². The van der Waals surface area contributed by atoms with Gasteiger partial charge < -0.3 is 19.5 Å². The van der Waals surface area contributed by atoms with Crippen LogP contribution in [0.25, 0.3) is 0 Å². The van der Waals surface area contributed by atoms with E-state index in [0.29, 0.717) is 44.7 Å². The lowest BCUT2D eigenvalue weighted by Crippen LogP contribution is -2.48. The predicted molar refractivity (Wildman–Crippen MR) is 116 cm³/mol. The molecular formula is C22H23FN2O4S. The van der Waals surface area contributed by atoms with Gasteiger partial charge in [-0.3, -0.25) is 4.90 Å². The van der Waals surface area contributed by atoms with Crippen molar-refractivity contribution in [1.82, 2.24) is 5.32 Å². The molecule has 0 bridgehead atoms. The molecule has 1 atom stereocenters. The van der Waals surface area contributed by atoms with Crippen molar-refractivity contribution in [3.05, 3.63) is 64.6 Å². The van der Waals surface area contributed by atoms with E-state index in [0.717, 1.165) is 0 Å². The van der Waals surface area contributed by atoms with Gasteiger partial charge in [0.25, 0.3) is 0 Å². The Morgan fingerprint density at radius 2 is 1.83 bits per heavy atom. The maximum absolute atomic E-state index is 14.2. The van der Waals surface area contributed by atoms with Crippen molar-refractivity contribution in [1.29, 1.82) is 0 Å². The smallest absolute Gasteiger partial charge is 0.337 e. The third kappa shape index (κ3) is 3.82. The lowest BCUT2D eigenvalue weighted by molar-refractivity contribution is -0.136. The molecule has 8 heteroatoms. The number of nitrogens with one attached hydrogen (secondary N) is 1. The fourth-order valence-corrected chi connectivity index (χ4v) is 3.80. The molecule has 6 nitrogen and oxygen atoms in total. The maximum atomic E-state index is 14.2. The van der Waals surface area contributed by atoms with Crippen LogP contribution in [0, 0.1) is 12.7 Å². The number of benzene rings is 2. The van der Waals surface area contributed by atoms with Gasteiger partial charge in [-0.25, -0.2) is 9.18 Å². The average Bonchev–Trinajstić information content (AvgIpc) is 2.74. The molecule has 0 radical (unpaired) electrons. The van der Waals surface area contributed by atoms with E-state index in [1.165, 1.54) is 20.3 Å². The van der Waals surface area contributed by atoms with Crippen molar-refractivity contribution < 1.29 is 23.4 Å². The molecule has 3 rings (SSSR count). The number of halogens is 1. The summed E-state index contributed by atoms with van der Waals surface area (Å²) in [5.74, 6) is 0.259. The zero-order valence-electron chi connectivity index (χ0n) is 17.4. The van der Waals surface area contributed by atoms with Crippen molar-refractivity contribution >= 4 is 29.0 Å². The van der Waals surface area contributed by atoms with Gasteiger partial charge in [-0.2, -0.15) is 0 Å². The second-order valence-corrected chi connectivity index (χ2v) is 7.14. The molecule has 1 aliphatic rings. The van der Waals surface area contributed by atoms with E-state index in [4.69, 9.17) is 26.4 Å². The minimum Gasteiger partial charge on any atom is -0.497 e. The summed E-state index contributed by atoms with van der Waals surface area (Å²) in [5, 5.41) is 3.50. The summed E-state index contributed by atoms with van der Waals surface area (Å²) < 4.78 is 30.0. The van der Waals surface area contributed by atoms with Crippen LogP contribution in [-0.4, -0.2) is 32.4 Å². The summed E-state index contributed by atoms with van der Waals surface area (Å²) in [5.41, 5.74) is 2.60. The molecule has 0 saturated heterocycles. The van der Waals surface area contributed by atoms with Gasteiger partial charge in [-0.15, -0.1) is 0 Å². The Bertz CT molecular complexity index is 1040. The van der Waals surface area contributed by atoms with Crippen LogP contribution in [0.2, 0.25) is 0 Å². The quantitative estimate of drug-likeness (QED) is 0.568. The van der Waals surface area contributed by atoms with Gasteiger partial charge in [0.15, 0.2) is 5.11 Å². The van der Waals surface area contributed by atoms with Crippen molar-refractivity contribution in [2.75, 3.05) is 26.2 Å². The van der Waals surface area contributed by atoms with E-state index >= 15 is 0 Å². The number of thiocarbonyl (C=S) groups is 1. The number of aryl methyl sites for hydroxylation is 1. The molecule has 158 valence electrons. The number of methoxy groups -OCH3 is 3. The Hall–Kier alpha value is -3.13. The second kappa shape index (κ2) is 8.71. The van der Waals surface area contributed by atoms with Crippen LogP contribution < -0.4 is 19.7 Å². The van der Waals surface area contributed by atoms with Crippen LogP contribution >= 0.6 is 12.2 Å². The number of nitrogens with zero attached hydrogens (tertiary/aromatic N) is 1. The molecule has 0 unspecified atom stereocenters. The number of carbonyl (C=O) groups is 1. The molecule has 1 heterocycles. The van der Waals surface area contributed by atoms with Gasteiger partial charge >= 0.3 is 5.97 Å². The molecule has 0 amide bonds. The summed E-state index contributed by atoms with van der Waals surface area (Å²) >= 11 is 5.58. The molecule has 0 fully saturated rings. The monoisotopic (exact) mass is 430 g/mol. The van der Waals surface area contributed by atoms with E-state index in [1.807, 2.05) is 0 Å². The molecule has 1 aliphatic heterocycles. The van der Waals surface area contributed by atoms with E-state index in [1.54, 1.807) is 56.2 Å². The third-order valence-corrected chi connectivity index (χ3v) is 5.36. The predicted octanol–water partition coefficient (Wildman–Crippen LogP) is 4.03. The first-order valence-electron chi connectivity index (χ1n) is 9.20. The number of anilines is 1. The van der Waals surface area contributed by atoms with Gasteiger partial charge in [0, 0.05) is 17.3 Å². The Morgan fingerprint density at radius 3 is 2.43 bits per heavy atom. The van der Waals surface area contributed by atoms with E-state index in [-0.39, 0.29) is 5.82 Å². The van der Waals surface area contributed by atoms with Gasteiger partial charge in [-0.1, -0.05) is 6.07 Å². The lowest BCUT2D eigenvalue weighted by atomic mass is 9.94. The Labute approximate surface area is 180 Å². The SMILES string of the molecule is COC(=O)C1=C(C)N(c2ccc(C)c(F)c2)C(=S)N[C@@H]1c1ccc(OC)cc1OC. The topological polar surface area (TPSA) is 60.0 Å². The van der Waals surface area contributed by atoms with Crippen LogP contribution in [0.15, 0.2) is 47.7 Å². The number of allylic oxidation sites excluding steroid dienone is 1. The van der Waals surface area contributed by atoms with Crippen LogP contribution in [0.3, 0.4) is 0 Å². The maximum Gasteiger partial charge on any atom is 0.337 e. The summed E-state index contributed by atoms with van der Waals surface area (Å²) in [6.45, 7) is 3.43. The molecule has 0 aliphatic carbocycles. The number of ether oxygens (including phenoxy) is 3. The number of carbonyl (C=O) groups excluding carboxylic acids is 1. The first kappa shape index (κ1) is 21.6. The summed E-state index contributed by atoms with van der Waals surface area (Å²) in [6.07, 6.45) is 0. The molecule has 0 saturated carbocycles. The normalized spacial score (nSPS) is 16.3. The molecule has 0 aromatic heterocycles. The highest BCUT2D eigenvalue weighted by Gasteiger charge is 2.36. The Kier molecular flexibility index (Phi) is 6.26. The van der Waals surface area contributed by atoms with E-state index in [9.17, 15) is 9.18 Å². The molecule has 30 heavy (non-hydrogen) atoms. The van der Waals surface area contributed by atoms with Gasteiger partial charge in [0.05, 0.1) is 38.6 Å². The van der Waals surface area contributed by atoms with Crippen LogP contribution in [-0.2, 0) is 9.53 Å². The molecular weight excluding hydrogens is 407 g/mol. The van der Waals surface area contributed by atoms with E-state index in [2.05, 4.69) is 5.32 Å². The van der Waals surface area contributed by atoms with Gasteiger partial charge in [-0.05, 0) is 55.9 Å². The highest BCUT2D eigenvalue weighted by atomic mass is 32.1. The molecule has 1 N–H and O–H groups in total. The minimum atomic E-state index is -0.614. The van der Waals surface area contributed by atoms with Crippen molar-refractivity contribution in [2.45, 2.75) is 19.9 Å². The fraction of sp³-hybridized carbons (Fsp3) is 0.273. The Balaban J connectivity index is 2.17. The standard InChI is InChI=1S/C22H23FN2O4S/c1-12-6-7-14(10-17(12)23)25-13(2)19(21(26)29-5)20(24-22(25)30)16-9-8-15(27-3)11-18(16)28-4/h6-11,20H,1-5H3,(H,24,30)/t20-/m1/s1. The molecule has 2 aromatic rings. The first-order valence-corrected chi connectivity index (χ1v) is 9.61. The Morgan fingerprint density at radius 1 is 1.10 bits per heavy atom. The number of esters is 1. The fourth-order valence-electron chi connectivity index (χ4n) is 3.44. The largest absolute Gasteiger partial charge is 0.497 e. The van der Waals surface area contributed by atoms with E-state index < -0.39 is 12.0 Å². The minimum absolute atomic E-state index is 0.325. The first-order chi connectivity index (χ1) is 14.3. The average molecular weight is 431 g/mol. The summed E-state index contributed by atoms with van der Waals surface area (Å²) in [7, 11) is 4.41. The van der Waals surface area contributed by atoms with Crippen molar-refractivity contribution in [3.63, 3.8) is 0 Å². The van der Waals surface area contributed by atoms with Gasteiger partial charge in [0.2, 0.25) is 0 Å². The second-order valence-electron chi connectivity index (χ2n) is 6.75. The number of rotatable bonds is 5. The summed E-state index contributed by atoms with van der Waals surface area (Å²) in [6, 6.07) is 9.49. The molecule has 2 aromatic carbocycles. The summed E-state index contributed by atoms with van der Waals surface area (Å²) in [4.78, 5) is 14.4.